The van der Waals surface area contributed by atoms with Crippen LogP contribution in [0, 0.1) is 0 Å². The van der Waals surface area contributed by atoms with Crippen LogP contribution in [0.3, 0.4) is 0 Å². The van der Waals surface area contributed by atoms with Gasteiger partial charge >= 0.3 is 17.9 Å². The summed E-state index contributed by atoms with van der Waals surface area (Å²) in [4.78, 5) is 76.7. The molecule has 182 valence electrons. The number of aliphatic hydroxyl groups is 1. The van der Waals surface area contributed by atoms with E-state index in [1.165, 1.54) is 12.5 Å². The van der Waals surface area contributed by atoms with E-state index < -0.39 is 79.2 Å². The molecule has 0 fully saturated rings. The molecule has 4 unspecified atom stereocenters. The smallest absolute Gasteiger partial charge is 0.328 e. The molecule has 3 amide bonds. The zero-order valence-corrected chi connectivity index (χ0v) is 17.1. The second-order valence-corrected chi connectivity index (χ2v) is 6.79. The first-order chi connectivity index (χ1) is 15.4. The minimum Gasteiger partial charge on any atom is -0.481 e. The third-order valence-corrected chi connectivity index (χ3v) is 4.15. The summed E-state index contributed by atoms with van der Waals surface area (Å²) < 4.78 is 0. The second kappa shape index (κ2) is 12.7. The van der Waals surface area contributed by atoms with Crippen LogP contribution in [0.1, 0.15) is 18.5 Å². The van der Waals surface area contributed by atoms with E-state index in [2.05, 4.69) is 15.3 Å². The van der Waals surface area contributed by atoms with Gasteiger partial charge in [-0.1, -0.05) is 0 Å². The van der Waals surface area contributed by atoms with Gasteiger partial charge in [-0.05, 0) is 0 Å². The van der Waals surface area contributed by atoms with Crippen molar-refractivity contribution in [3.05, 3.63) is 18.2 Å². The molecule has 33 heavy (non-hydrogen) atoms. The molecule has 0 bridgehead atoms. The highest BCUT2D eigenvalue weighted by atomic mass is 16.4. The molecule has 0 radical (unpaired) electrons. The van der Waals surface area contributed by atoms with E-state index in [9.17, 15) is 28.8 Å². The number of imidazole rings is 1. The Labute approximate surface area is 185 Å². The highest BCUT2D eigenvalue weighted by molar-refractivity contribution is 5.96. The van der Waals surface area contributed by atoms with Crippen LogP contribution in [0.2, 0.25) is 0 Å². The molecule has 1 aromatic heterocycles. The number of aliphatic carboxylic acids is 3. The van der Waals surface area contributed by atoms with Crippen molar-refractivity contribution in [2.45, 2.75) is 43.4 Å². The first-order valence-electron chi connectivity index (χ1n) is 9.35. The molecule has 0 aromatic carbocycles. The largest absolute Gasteiger partial charge is 0.481 e. The number of nitrogens with two attached hydrogens (primary N) is 1. The maximum absolute atomic E-state index is 12.6. The quantitative estimate of drug-likeness (QED) is 0.124. The number of aliphatic hydroxyl groups excluding tert-OH is 1. The number of H-pyrrole nitrogens is 1. The predicted molar refractivity (Wildman–Crippen MR) is 105 cm³/mol. The Balaban J connectivity index is 2.93. The van der Waals surface area contributed by atoms with E-state index in [1.807, 2.05) is 10.6 Å². The summed E-state index contributed by atoms with van der Waals surface area (Å²) >= 11 is 0. The molecular weight excluding hydrogens is 448 g/mol. The van der Waals surface area contributed by atoms with Gasteiger partial charge in [0.1, 0.15) is 18.1 Å². The van der Waals surface area contributed by atoms with Crippen LogP contribution in [0.4, 0.5) is 0 Å². The summed E-state index contributed by atoms with van der Waals surface area (Å²) in [6, 6.07) is -6.55. The SMILES string of the molecule is NC(Cc1cnc[nH]1)C(=O)NC(CC(=O)O)C(=O)NC(CC(=O)O)C(=O)NC(CO)C(=O)O. The highest BCUT2D eigenvalue weighted by Crippen LogP contribution is 2.02. The Hall–Kier alpha value is -4.05. The topological polar surface area (TPSA) is 274 Å². The first kappa shape index (κ1) is 27.0. The van der Waals surface area contributed by atoms with E-state index in [4.69, 9.17) is 26.2 Å². The van der Waals surface area contributed by atoms with E-state index in [1.54, 1.807) is 0 Å². The second-order valence-electron chi connectivity index (χ2n) is 6.79. The number of amides is 3. The fourth-order valence-electron chi connectivity index (χ4n) is 2.50. The lowest BCUT2D eigenvalue weighted by atomic mass is 10.1. The highest BCUT2D eigenvalue weighted by Gasteiger charge is 2.32. The number of hydrogen-bond acceptors (Lipinski definition) is 9. The van der Waals surface area contributed by atoms with Crippen molar-refractivity contribution in [3.8, 4) is 0 Å². The zero-order chi connectivity index (χ0) is 25.1. The summed E-state index contributed by atoms with van der Waals surface area (Å²) in [5.41, 5.74) is 6.23. The number of rotatable bonds is 14. The standard InChI is InChI=1S/C17H24N6O10/c18-8(1-7-4-19-6-20-7)14(29)21-9(2-12(25)26)15(30)22-10(3-13(27)28)16(31)23-11(5-24)17(32)33/h4,6,8-11,24H,1-3,5,18H2,(H,19,20)(H,21,29)(H,22,30)(H,23,31)(H,25,26)(H,27,28)(H,32,33). The molecule has 0 aliphatic rings. The molecule has 10 N–H and O–H groups in total. The van der Waals surface area contributed by atoms with Gasteiger partial charge in [0.2, 0.25) is 17.7 Å². The molecule has 0 aliphatic carbocycles. The predicted octanol–water partition coefficient (Wildman–Crippen LogP) is -4.24. The van der Waals surface area contributed by atoms with E-state index in [-0.39, 0.29) is 6.42 Å². The Kier molecular flexibility index (Phi) is 10.4. The van der Waals surface area contributed by atoms with Crippen molar-refractivity contribution in [1.29, 1.82) is 0 Å². The molecule has 0 aliphatic heterocycles. The molecule has 1 heterocycles. The van der Waals surface area contributed by atoms with Crippen molar-refractivity contribution in [3.63, 3.8) is 0 Å². The van der Waals surface area contributed by atoms with Crippen LogP contribution in [0.5, 0.6) is 0 Å². The Morgan fingerprint density at radius 2 is 1.36 bits per heavy atom. The van der Waals surface area contributed by atoms with Crippen LogP contribution in [0.25, 0.3) is 0 Å². The third kappa shape index (κ3) is 9.32. The molecule has 16 heteroatoms. The minimum atomic E-state index is -1.84. The van der Waals surface area contributed by atoms with Crippen LogP contribution in [0.15, 0.2) is 12.5 Å². The molecule has 0 saturated carbocycles. The van der Waals surface area contributed by atoms with Gasteiger partial charge in [-0.2, -0.15) is 0 Å². The van der Waals surface area contributed by atoms with Gasteiger partial charge in [0.15, 0.2) is 0 Å². The molecule has 1 aromatic rings. The molecular formula is C17H24N6O10. The van der Waals surface area contributed by atoms with Crippen LogP contribution >= 0.6 is 0 Å². The van der Waals surface area contributed by atoms with Gasteiger partial charge < -0.3 is 47.1 Å². The fourth-order valence-corrected chi connectivity index (χ4v) is 2.50. The number of hydrogen-bond donors (Lipinski definition) is 9. The number of carbonyl (C=O) groups is 6. The average molecular weight is 472 g/mol. The van der Waals surface area contributed by atoms with Crippen LogP contribution in [-0.4, -0.2) is 96.8 Å². The average Bonchev–Trinajstić information content (AvgIpc) is 3.22. The lowest BCUT2D eigenvalue weighted by molar-refractivity contribution is -0.145. The van der Waals surface area contributed by atoms with Crippen molar-refractivity contribution in [1.82, 2.24) is 25.9 Å². The van der Waals surface area contributed by atoms with E-state index in [0.717, 1.165) is 0 Å². The number of aromatic amines is 1. The molecule has 1 rings (SSSR count). The van der Waals surface area contributed by atoms with Gasteiger partial charge in [-0.25, -0.2) is 9.78 Å². The number of carbonyl (C=O) groups excluding carboxylic acids is 3. The monoisotopic (exact) mass is 472 g/mol. The number of carboxylic acids is 3. The summed E-state index contributed by atoms with van der Waals surface area (Å²) in [6.07, 6.45) is 0.808. The lowest BCUT2D eigenvalue weighted by Crippen LogP contribution is -2.58. The van der Waals surface area contributed by atoms with Gasteiger partial charge in [0, 0.05) is 18.3 Å². The maximum Gasteiger partial charge on any atom is 0.328 e. The Morgan fingerprint density at radius 1 is 0.879 bits per heavy atom. The number of aromatic nitrogens is 2. The van der Waals surface area contributed by atoms with Crippen molar-refractivity contribution in [2.24, 2.45) is 5.73 Å². The fraction of sp³-hybridized carbons (Fsp3) is 0.471. The van der Waals surface area contributed by atoms with Crippen molar-refractivity contribution in [2.75, 3.05) is 6.61 Å². The van der Waals surface area contributed by atoms with Crippen LogP contribution in [-0.2, 0) is 35.2 Å². The first-order valence-corrected chi connectivity index (χ1v) is 9.35. The maximum atomic E-state index is 12.6. The summed E-state index contributed by atoms with van der Waals surface area (Å²) in [5.74, 6) is -8.06. The molecule has 16 nitrogen and oxygen atoms in total. The number of carboxylic acid groups (broad SMARTS) is 3. The van der Waals surface area contributed by atoms with Gasteiger partial charge in [-0.15, -0.1) is 0 Å². The van der Waals surface area contributed by atoms with Crippen LogP contribution < -0.4 is 21.7 Å². The van der Waals surface area contributed by atoms with E-state index >= 15 is 0 Å². The lowest BCUT2D eigenvalue weighted by Gasteiger charge is -2.23. The summed E-state index contributed by atoms with van der Waals surface area (Å²) in [6.45, 7) is -1.01. The van der Waals surface area contributed by atoms with Gasteiger partial charge in [-0.3, -0.25) is 24.0 Å². The summed E-state index contributed by atoms with van der Waals surface area (Å²) in [7, 11) is 0. The Morgan fingerprint density at radius 3 is 1.76 bits per heavy atom. The van der Waals surface area contributed by atoms with E-state index in [0.29, 0.717) is 5.69 Å². The van der Waals surface area contributed by atoms with Crippen molar-refractivity contribution < 1.29 is 49.2 Å². The molecule has 4 atom stereocenters. The molecule has 0 spiro atoms. The third-order valence-electron chi connectivity index (χ3n) is 4.15. The van der Waals surface area contributed by atoms with Gasteiger partial charge in [0.05, 0.1) is 31.8 Å². The minimum absolute atomic E-state index is 0.0188. The van der Waals surface area contributed by atoms with Gasteiger partial charge in [0.25, 0.3) is 0 Å². The summed E-state index contributed by atoms with van der Waals surface area (Å²) in [5, 5.41) is 41.9. The number of nitrogens with zero attached hydrogens (tertiary/aromatic N) is 1. The van der Waals surface area contributed by atoms with Crippen molar-refractivity contribution >= 4 is 35.6 Å². The normalized spacial score (nSPS) is 14.2. The molecule has 0 saturated heterocycles. The zero-order valence-electron chi connectivity index (χ0n) is 17.1. The Bertz CT molecular complexity index is 874. The number of nitrogens with one attached hydrogen (secondary N) is 4.